The molecular formula is C25H25FN6. The van der Waals surface area contributed by atoms with Gasteiger partial charge in [0.25, 0.3) is 0 Å². The number of piperidine rings is 1. The third-order valence-corrected chi connectivity index (χ3v) is 6.04. The molecule has 162 valence electrons. The highest BCUT2D eigenvalue weighted by Gasteiger charge is 2.20. The first-order chi connectivity index (χ1) is 15.6. The van der Waals surface area contributed by atoms with Gasteiger partial charge in [-0.1, -0.05) is 30.9 Å². The van der Waals surface area contributed by atoms with E-state index in [0.717, 1.165) is 59.5 Å². The van der Waals surface area contributed by atoms with Gasteiger partial charge >= 0.3 is 0 Å². The minimum absolute atomic E-state index is 0.290. The molecular weight excluding hydrogens is 403 g/mol. The second kappa shape index (κ2) is 8.51. The third-order valence-electron chi connectivity index (χ3n) is 6.04. The first-order valence-electron chi connectivity index (χ1n) is 10.8. The summed E-state index contributed by atoms with van der Waals surface area (Å²) in [6.45, 7) is 7.83. The lowest BCUT2D eigenvalue weighted by Crippen LogP contribution is -2.26. The molecule has 7 heteroatoms. The van der Waals surface area contributed by atoms with Crippen LogP contribution in [0.2, 0.25) is 0 Å². The number of fused-ring (bicyclic) bond motifs is 1. The number of aryl methyl sites for hydroxylation is 1. The zero-order valence-electron chi connectivity index (χ0n) is 18.0. The van der Waals surface area contributed by atoms with E-state index in [9.17, 15) is 4.39 Å². The van der Waals surface area contributed by atoms with E-state index in [4.69, 9.17) is 4.98 Å². The Labute approximate surface area is 185 Å². The van der Waals surface area contributed by atoms with Gasteiger partial charge in [0.1, 0.15) is 11.5 Å². The fourth-order valence-corrected chi connectivity index (χ4v) is 4.40. The Morgan fingerprint density at radius 2 is 2.06 bits per heavy atom. The second-order valence-electron chi connectivity index (χ2n) is 8.15. The number of halogens is 1. The second-order valence-corrected chi connectivity index (χ2v) is 8.15. The summed E-state index contributed by atoms with van der Waals surface area (Å²) in [5.41, 5.74) is 5.87. The van der Waals surface area contributed by atoms with Gasteiger partial charge in [-0.05, 0) is 68.1 Å². The maximum atomic E-state index is 13.9. The minimum Gasteiger partial charge on any atom is -0.340 e. The van der Waals surface area contributed by atoms with Crippen molar-refractivity contribution in [3.8, 4) is 11.5 Å². The Hall–Kier alpha value is -3.58. The van der Waals surface area contributed by atoms with Crippen molar-refractivity contribution in [1.82, 2.24) is 30.5 Å². The van der Waals surface area contributed by atoms with Gasteiger partial charge in [0.05, 0.1) is 11.1 Å². The van der Waals surface area contributed by atoms with E-state index in [1.165, 1.54) is 17.7 Å². The average Bonchev–Trinajstić information content (AvgIpc) is 3.41. The highest BCUT2D eigenvalue weighted by Crippen LogP contribution is 2.32. The fourth-order valence-electron chi connectivity index (χ4n) is 4.40. The first kappa shape index (κ1) is 20.3. The van der Waals surface area contributed by atoms with Crippen LogP contribution in [0.3, 0.4) is 0 Å². The monoisotopic (exact) mass is 428 g/mol. The Morgan fingerprint density at radius 1 is 1.22 bits per heavy atom. The molecule has 1 fully saturated rings. The lowest BCUT2D eigenvalue weighted by Gasteiger charge is -2.22. The number of H-pyrrole nitrogens is 2. The Morgan fingerprint density at radius 3 is 2.84 bits per heavy atom. The molecule has 3 aromatic heterocycles. The summed E-state index contributed by atoms with van der Waals surface area (Å²) < 4.78 is 13.9. The molecule has 0 saturated carbocycles. The maximum Gasteiger partial charge on any atom is 0.181 e. The van der Waals surface area contributed by atoms with E-state index in [2.05, 4.69) is 38.1 Å². The molecule has 4 aromatic rings. The Kier molecular flexibility index (Phi) is 5.41. The molecule has 0 unspecified atom stereocenters. The summed E-state index contributed by atoms with van der Waals surface area (Å²) in [6.07, 6.45) is 7.69. The number of rotatable bonds is 5. The van der Waals surface area contributed by atoms with Crippen LogP contribution in [0.1, 0.15) is 41.3 Å². The van der Waals surface area contributed by atoms with Crippen molar-refractivity contribution < 1.29 is 4.39 Å². The average molecular weight is 429 g/mol. The van der Waals surface area contributed by atoms with Crippen LogP contribution < -0.4 is 5.32 Å². The fraction of sp³-hybridized carbons (Fsp3) is 0.240. The van der Waals surface area contributed by atoms with Gasteiger partial charge in [-0.15, -0.1) is 0 Å². The highest BCUT2D eigenvalue weighted by atomic mass is 19.1. The topological polar surface area (TPSA) is 82.3 Å². The van der Waals surface area contributed by atoms with Gasteiger partial charge in [-0.2, -0.15) is 5.10 Å². The van der Waals surface area contributed by atoms with Gasteiger partial charge in [0, 0.05) is 17.5 Å². The summed E-state index contributed by atoms with van der Waals surface area (Å²) in [5, 5.41) is 11.8. The van der Waals surface area contributed by atoms with Crippen LogP contribution >= 0.6 is 0 Å². The molecule has 1 saturated heterocycles. The molecule has 0 atom stereocenters. The third kappa shape index (κ3) is 3.76. The molecule has 0 bridgehead atoms. The SMILES string of the molecule is C=C/C=C(/c1cccc(F)c1)c1nc(-c2[nH]nc3ncc(C4CCNCC4)cc23)[nH]c1C. The van der Waals surface area contributed by atoms with E-state index in [0.29, 0.717) is 17.4 Å². The van der Waals surface area contributed by atoms with Gasteiger partial charge in [-0.25, -0.2) is 14.4 Å². The maximum absolute atomic E-state index is 13.9. The van der Waals surface area contributed by atoms with Crippen molar-refractivity contribution in [1.29, 1.82) is 0 Å². The molecule has 3 N–H and O–H groups in total. The van der Waals surface area contributed by atoms with Crippen molar-refractivity contribution in [2.45, 2.75) is 25.7 Å². The van der Waals surface area contributed by atoms with Crippen LogP contribution in [0.5, 0.6) is 0 Å². The van der Waals surface area contributed by atoms with Gasteiger partial charge < -0.3 is 10.3 Å². The van der Waals surface area contributed by atoms with Gasteiger partial charge in [0.15, 0.2) is 11.5 Å². The van der Waals surface area contributed by atoms with E-state index < -0.39 is 0 Å². The van der Waals surface area contributed by atoms with E-state index in [1.807, 2.05) is 25.3 Å². The number of allylic oxidation sites excluding steroid dienone is 2. The molecule has 6 nitrogen and oxygen atoms in total. The zero-order chi connectivity index (χ0) is 22.1. The lowest BCUT2D eigenvalue weighted by molar-refractivity contribution is 0.460. The van der Waals surface area contributed by atoms with Crippen LogP contribution in [0, 0.1) is 12.7 Å². The van der Waals surface area contributed by atoms with Crippen molar-refractivity contribution in [3.63, 3.8) is 0 Å². The molecule has 5 rings (SSSR count). The van der Waals surface area contributed by atoms with Crippen LogP contribution in [0.4, 0.5) is 4.39 Å². The Balaban J connectivity index is 1.57. The van der Waals surface area contributed by atoms with Crippen molar-refractivity contribution in [2.24, 2.45) is 0 Å². The predicted octanol–water partition coefficient (Wildman–Crippen LogP) is 4.88. The summed E-state index contributed by atoms with van der Waals surface area (Å²) in [6, 6.07) is 8.68. The van der Waals surface area contributed by atoms with Crippen LogP contribution in [-0.4, -0.2) is 38.2 Å². The van der Waals surface area contributed by atoms with Gasteiger partial charge in [-0.3, -0.25) is 5.10 Å². The van der Waals surface area contributed by atoms with Crippen LogP contribution in [0.25, 0.3) is 28.1 Å². The first-order valence-corrected chi connectivity index (χ1v) is 10.8. The smallest absolute Gasteiger partial charge is 0.181 e. The molecule has 4 heterocycles. The van der Waals surface area contributed by atoms with Crippen LogP contribution in [0.15, 0.2) is 55.3 Å². The lowest BCUT2D eigenvalue weighted by atomic mass is 9.91. The number of hydrogen-bond donors (Lipinski definition) is 3. The van der Waals surface area contributed by atoms with Crippen molar-refractivity contribution >= 4 is 16.6 Å². The molecule has 1 aromatic carbocycles. The van der Waals surface area contributed by atoms with E-state index >= 15 is 0 Å². The molecule has 1 aliphatic rings. The number of imidazole rings is 1. The molecule has 0 spiro atoms. The highest BCUT2D eigenvalue weighted by molar-refractivity contribution is 5.90. The van der Waals surface area contributed by atoms with Crippen molar-refractivity contribution in [2.75, 3.05) is 13.1 Å². The predicted molar refractivity (Wildman–Crippen MR) is 125 cm³/mol. The largest absolute Gasteiger partial charge is 0.340 e. The Bertz CT molecular complexity index is 1310. The molecule has 0 amide bonds. The zero-order valence-corrected chi connectivity index (χ0v) is 18.0. The van der Waals surface area contributed by atoms with Gasteiger partial charge in [0.2, 0.25) is 0 Å². The molecule has 0 radical (unpaired) electrons. The quantitative estimate of drug-likeness (QED) is 0.396. The summed E-state index contributed by atoms with van der Waals surface area (Å²) in [5.74, 6) is 0.887. The molecule has 0 aliphatic carbocycles. The number of benzene rings is 1. The van der Waals surface area contributed by atoms with Crippen molar-refractivity contribution in [3.05, 3.63) is 83.6 Å². The summed E-state index contributed by atoms with van der Waals surface area (Å²) in [7, 11) is 0. The number of nitrogens with one attached hydrogen (secondary N) is 3. The molecule has 1 aliphatic heterocycles. The minimum atomic E-state index is -0.290. The summed E-state index contributed by atoms with van der Waals surface area (Å²) >= 11 is 0. The number of aromatic amines is 2. The number of pyridine rings is 1. The van der Waals surface area contributed by atoms with E-state index in [1.54, 1.807) is 12.1 Å². The number of hydrogen-bond acceptors (Lipinski definition) is 4. The normalized spacial score (nSPS) is 15.4. The number of aromatic nitrogens is 5. The number of nitrogens with zero attached hydrogens (tertiary/aromatic N) is 3. The van der Waals surface area contributed by atoms with Crippen LogP contribution in [-0.2, 0) is 0 Å². The summed E-state index contributed by atoms with van der Waals surface area (Å²) in [4.78, 5) is 12.8. The van der Waals surface area contributed by atoms with E-state index in [-0.39, 0.29) is 5.82 Å². The standard InChI is InChI=1S/C25H25FN6/c1-3-5-20(17-6-4-7-19(26)12-17)22-15(2)29-25(30-22)23-21-13-18(14-28-24(21)32-31-23)16-8-10-27-11-9-16/h3-7,12-14,16,27H,1,8-11H2,2H3,(H,29,30)(H,28,31,32)/b20-5-. The molecule has 32 heavy (non-hydrogen) atoms.